The first-order valence-electron chi connectivity index (χ1n) is 7.40. The summed E-state index contributed by atoms with van der Waals surface area (Å²) in [7, 11) is 0. The van der Waals surface area contributed by atoms with E-state index in [0.29, 0.717) is 18.9 Å². The lowest BCUT2D eigenvalue weighted by atomic mass is 9.79. The fourth-order valence-corrected chi connectivity index (χ4v) is 2.89. The molecule has 1 atom stereocenters. The van der Waals surface area contributed by atoms with Crippen LogP contribution in [0.15, 0.2) is 0 Å². The summed E-state index contributed by atoms with van der Waals surface area (Å²) in [5.74, 6) is 0.491. The SMILES string of the molecule is CC(C)(C)NCC(=O)C1CCOC2(CCOCC2)C1. The lowest BCUT2D eigenvalue weighted by Crippen LogP contribution is -2.48. The third-order valence-electron chi connectivity index (χ3n) is 4.15. The van der Waals surface area contributed by atoms with Gasteiger partial charge in [0.25, 0.3) is 0 Å². The lowest BCUT2D eigenvalue weighted by Gasteiger charge is -2.43. The maximum atomic E-state index is 12.3. The molecule has 0 aromatic rings. The number of hydrogen-bond donors (Lipinski definition) is 1. The van der Waals surface area contributed by atoms with E-state index in [2.05, 4.69) is 26.1 Å². The molecule has 1 N–H and O–H groups in total. The Balaban J connectivity index is 1.88. The van der Waals surface area contributed by atoms with Crippen molar-refractivity contribution in [2.45, 2.75) is 57.6 Å². The van der Waals surface area contributed by atoms with Crippen LogP contribution in [0.5, 0.6) is 0 Å². The third kappa shape index (κ3) is 4.26. The van der Waals surface area contributed by atoms with Crippen LogP contribution in [0.4, 0.5) is 0 Å². The van der Waals surface area contributed by atoms with Gasteiger partial charge in [-0.1, -0.05) is 0 Å². The van der Waals surface area contributed by atoms with Gasteiger partial charge in [0.2, 0.25) is 0 Å². The number of Topliss-reactive ketones (excluding diaryl/α,β-unsaturated/α-hetero) is 1. The van der Waals surface area contributed by atoms with Gasteiger partial charge in [-0.25, -0.2) is 0 Å². The number of carbonyl (C=O) groups is 1. The first kappa shape index (κ1) is 14.9. The summed E-state index contributed by atoms with van der Waals surface area (Å²) in [5, 5.41) is 3.30. The fourth-order valence-electron chi connectivity index (χ4n) is 2.89. The molecule has 0 aliphatic carbocycles. The number of nitrogens with one attached hydrogen (secondary N) is 1. The molecular weight excluding hydrogens is 242 g/mol. The summed E-state index contributed by atoms with van der Waals surface area (Å²) in [6.45, 7) is 8.98. The molecule has 1 spiro atoms. The molecule has 110 valence electrons. The maximum absolute atomic E-state index is 12.3. The topological polar surface area (TPSA) is 47.6 Å². The van der Waals surface area contributed by atoms with E-state index in [4.69, 9.17) is 9.47 Å². The van der Waals surface area contributed by atoms with Crippen LogP contribution in [0, 0.1) is 5.92 Å². The second-order valence-corrected chi connectivity index (χ2v) is 6.90. The molecule has 4 heteroatoms. The third-order valence-corrected chi connectivity index (χ3v) is 4.15. The minimum absolute atomic E-state index is 0.00279. The Kier molecular flexibility index (Phi) is 4.64. The molecule has 0 saturated carbocycles. The molecule has 2 rings (SSSR count). The molecule has 2 fully saturated rings. The molecule has 2 saturated heterocycles. The highest BCUT2D eigenvalue weighted by Crippen LogP contribution is 2.37. The quantitative estimate of drug-likeness (QED) is 0.850. The van der Waals surface area contributed by atoms with E-state index in [0.717, 1.165) is 38.9 Å². The zero-order chi connectivity index (χ0) is 13.9. The number of carbonyl (C=O) groups excluding carboxylic acids is 1. The Morgan fingerprint density at radius 1 is 1.26 bits per heavy atom. The summed E-state index contributed by atoms with van der Waals surface area (Å²) in [6, 6.07) is 0. The maximum Gasteiger partial charge on any atom is 0.149 e. The first-order chi connectivity index (χ1) is 8.90. The van der Waals surface area contributed by atoms with Crippen LogP contribution in [-0.2, 0) is 14.3 Å². The Hall–Kier alpha value is -0.450. The molecule has 2 aliphatic rings. The van der Waals surface area contributed by atoms with Crippen LogP contribution < -0.4 is 5.32 Å². The van der Waals surface area contributed by atoms with Crippen molar-refractivity contribution in [1.29, 1.82) is 0 Å². The molecule has 1 unspecified atom stereocenters. The molecule has 0 bridgehead atoms. The van der Waals surface area contributed by atoms with Crippen LogP contribution in [0.1, 0.15) is 46.5 Å². The summed E-state index contributed by atoms with van der Waals surface area (Å²) in [5.41, 5.74) is -0.0875. The van der Waals surface area contributed by atoms with Crippen molar-refractivity contribution >= 4 is 5.78 Å². The van der Waals surface area contributed by atoms with Gasteiger partial charge in [-0.3, -0.25) is 4.79 Å². The molecule has 0 aromatic heterocycles. The van der Waals surface area contributed by atoms with E-state index < -0.39 is 0 Å². The van der Waals surface area contributed by atoms with Gasteiger partial charge in [0, 0.05) is 31.3 Å². The summed E-state index contributed by atoms with van der Waals surface area (Å²) in [6.07, 6.45) is 3.61. The van der Waals surface area contributed by atoms with Crippen LogP contribution in [0.25, 0.3) is 0 Å². The van der Waals surface area contributed by atoms with E-state index in [9.17, 15) is 4.79 Å². The highest BCUT2D eigenvalue weighted by molar-refractivity contribution is 5.83. The Labute approximate surface area is 116 Å². The number of hydrogen-bond acceptors (Lipinski definition) is 4. The van der Waals surface area contributed by atoms with Crippen LogP contribution in [0.3, 0.4) is 0 Å². The fraction of sp³-hybridized carbons (Fsp3) is 0.933. The second kappa shape index (κ2) is 5.90. The van der Waals surface area contributed by atoms with Crippen molar-refractivity contribution in [3.63, 3.8) is 0 Å². The molecule has 2 aliphatic heterocycles. The van der Waals surface area contributed by atoms with Crippen LogP contribution in [0.2, 0.25) is 0 Å². The smallest absolute Gasteiger partial charge is 0.149 e. The highest BCUT2D eigenvalue weighted by Gasteiger charge is 2.40. The Bertz CT molecular complexity index is 310. The molecule has 19 heavy (non-hydrogen) atoms. The van der Waals surface area contributed by atoms with Gasteiger partial charge >= 0.3 is 0 Å². The molecule has 0 radical (unpaired) electrons. The normalized spacial score (nSPS) is 27.4. The summed E-state index contributed by atoms with van der Waals surface area (Å²) in [4.78, 5) is 12.3. The van der Waals surface area contributed by atoms with Gasteiger partial charge in [0.05, 0.1) is 12.1 Å². The number of ether oxygens (including phenoxy) is 2. The minimum atomic E-state index is -0.0848. The summed E-state index contributed by atoms with van der Waals surface area (Å²) >= 11 is 0. The lowest BCUT2D eigenvalue weighted by molar-refractivity contribution is -0.156. The van der Waals surface area contributed by atoms with Gasteiger partial charge in [-0.15, -0.1) is 0 Å². The van der Waals surface area contributed by atoms with E-state index in [1.54, 1.807) is 0 Å². The van der Waals surface area contributed by atoms with E-state index >= 15 is 0 Å². The minimum Gasteiger partial charge on any atom is -0.381 e. The van der Waals surface area contributed by atoms with E-state index in [-0.39, 0.29) is 17.1 Å². The second-order valence-electron chi connectivity index (χ2n) is 6.90. The van der Waals surface area contributed by atoms with Gasteiger partial charge in [0.15, 0.2) is 0 Å². The van der Waals surface area contributed by atoms with Crippen molar-refractivity contribution in [3.05, 3.63) is 0 Å². The Morgan fingerprint density at radius 2 is 1.95 bits per heavy atom. The molecule has 0 amide bonds. The van der Waals surface area contributed by atoms with Gasteiger partial charge in [-0.2, -0.15) is 0 Å². The van der Waals surface area contributed by atoms with Crippen molar-refractivity contribution in [2.75, 3.05) is 26.4 Å². The number of ketones is 1. The van der Waals surface area contributed by atoms with Crippen molar-refractivity contribution < 1.29 is 14.3 Å². The predicted molar refractivity (Wildman–Crippen MR) is 74.2 cm³/mol. The average molecular weight is 269 g/mol. The molecular formula is C15H27NO3. The van der Waals surface area contributed by atoms with Crippen molar-refractivity contribution in [2.24, 2.45) is 5.92 Å². The van der Waals surface area contributed by atoms with Gasteiger partial charge in [0.1, 0.15) is 5.78 Å². The predicted octanol–water partition coefficient (Wildman–Crippen LogP) is 1.92. The standard InChI is InChI=1S/C15H27NO3/c1-14(2,3)16-11-13(17)12-4-7-19-15(10-12)5-8-18-9-6-15/h12,16H,4-11H2,1-3H3. The van der Waals surface area contributed by atoms with Gasteiger partial charge < -0.3 is 14.8 Å². The summed E-state index contributed by atoms with van der Waals surface area (Å²) < 4.78 is 11.4. The zero-order valence-corrected chi connectivity index (χ0v) is 12.5. The van der Waals surface area contributed by atoms with E-state index in [1.807, 2.05) is 0 Å². The van der Waals surface area contributed by atoms with Crippen molar-refractivity contribution in [1.82, 2.24) is 5.32 Å². The average Bonchev–Trinajstić information content (AvgIpc) is 2.36. The highest BCUT2D eigenvalue weighted by atomic mass is 16.5. The van der Waals surface area contributed by atoms with E-state index in [1.165, 1.54) is 0 Å². The molecule has 0 aromatic carbocycles. The monoisotopic (exact) mass is 269 g/mol. The van der Waals surface area contributed by atoms with Crippen molar-refractivity contribution in [3.8, 4) is 0 Å². The van der Waals surface area contributed by atoms with Crippen LogP contribution in [-0.4, -0.2) is 43.3 Å². The largest absolute Gasteiger partial charge is 0.381 e. The molecule has 2 heterocycles. The molecule has 4 nitrogen and oxygen atoms in total. The van der Waals surface area contributed by atoms with Gasteiger partial charge in [-0.05, 0) is 46.5 Å². The first-order valence-corrected chi connectivity index (χ1v) is 7.40. The van der Waals surface area contributed by atoms with Crippen LogP contribution >= 0.6 is 0 Å². The Morgan fingerprint density at radius 3 is 2.58 bits per heavy atom. The zero-order valence-electron chi connectivity index (χ0n) is 12.5. The number of rotatable bonds is 3.